The Morgan fingerprint density at radius 3 is 1.76 bits per heavy atom. The Morgan fingerprint density at radius 1 is 0.520 bits per heavy atom. The lowest BCUT2D eigenvalue weighted by Crippen LogP contribution is -2.57. The fourth-order valence-corrected chi connectivity index (χ4v) is 13.3. The van der Waals surface area contributed by atoms with Gasteiger partial charge in [-0.05, 0) is 137 Å². The molecule has 0 atom stereocenters. The molecule has 2 heteroatoms. The second-order valence-electron chi connectivity index (χ2n) is 17.6. The molecule has 252 valence electrons. The van der Waals surface area contributed by atoms with E-state index < -0.39 is 0 Å². The molecule has 4 saturated carbocycles. The molecule has 0 amide bonds. The average Bonchev–Trinajstić information content (AvgIpc) is 3.12. The summed E-state index contributed by atoms with van der Waals surface area (Å²) in [5.74, 6) is 3.22. The van der Waals surface area contributed by atoms with Gasteiger partial charge in [-0.3, -0.25) is 0 Å². The van der Waals surface area contributed by atoms with Gasteiger partial charge in [0.1, 0.15) is 0 Å². The first kappa shape index (κ1) is 31.0. The second-order valence-corrected chi connectivity index (χ2v) is 18.6. The van der Waals surface area contributed by atoms with Crippen molar-refractivity contribution in [1.29, 1.82) is 0 Å². The standard InChI is InChI=1S/C48H49NS/c1-46(2)24-25-47(3,4)43-38(46)19-12-22-41(43)49(36-16-9-6-10-17-36)42-23-13-21-40-45(42)50-44-37(33-14-7-5-8-15-33)18-11-20-39(44)48(40)34-27-31-26-32(29-34)30-35(48)28-31/h5-23,31-32,34-35H,24-30H2,1-4H3. The molecular formula is C48H49NS. The topological polar surface area (TPSA) is 3.24 Å². The Balaban J connectivity index is 1.27. The molecule has 1 aliphatic heterocycles. The lowest BCUT2D eigenvalue weighted by atomic mass is 9.42. The van der Waals surface area contributed by atoms with Crippen LogP contribution in [0.1, 0.15) is 94.9 Å². The van der Waals surface area contributed by atoms with E-state index in [4.69, 9.17) is 0 Å². The largest absolute Gasteiger partial charge is 0.309 e. The summed E-state index contributed by atoms with van der Waals surface area (Å²) in [5.41, 5.74) is 13.2. The van der Waals surface area contributed by atoms with Crippen LogP contribution >= 0.6 is 11.8 Å². The first-order valence-electron chi connectivity index (χ1n) is 19.2. The van der Waals surface area contributed by atoms with Crippen LogP contribution < -0.4 is 4.90 Å². The molecule has 5 aliphatic carbocycles. The van der Waals surface area contributed by atoms with E-state index >= 15 is 0 Å². The number of hydrogen-bond acceptors (Lipinski definition) is 2. The predicted molar refractivity (Wildman–Crippen MR) is 210 cm³/mol. The molecule has 5 aromatic carbocycles. The number of fused-ring (bicyclic) bond motifs is 3. The van der Waals surface area contributed by atoms with Crippen LogP contribution in [0, 0.1) is 23.7 Å². The molecule has 5 aromatic rings. The van der Waals surface area contributed by atoms with E-state index in [0.717, 1.165) is 11.8 Å². The van der Waals surface area contributed by atoms with Crippen LogP contribution in [-0.4, -0.2) is 0 Å². The van der Waals surface area contributed by atoms with Gasteiger partial charge in [0.05, 0.1) is 11.4 Å². The quantitative estimate of drug-likeness (QED) is 0.187. The van der Waals surface area contributed by atoms with Crippen molar-refractivity contribution in [2.75, 3.05) is 4.90 Å². The molecule has 4 bridgehead atoms. The normalized spacial score (nSPS) is 27.8. The first-order chi connectivity index (χ1) is 24.3. The third-order valence-corrected chi connectivity index (χ3v) is 15.2. The van der Waals surface area contributed by atoms with E-state index in [1.165, 1.54) is 94.1 Å². The maximum Gasteiger partial charge on any atom is 0.0604 e. The van der Waals surface area contributed by atoms with Gasteiger partial charge in [-0.2, -0.15) is 0 Å². The van der Waals surface area contributed by atoms with Gasteiger partial charge in [-0.25, -0.2) is 0 Å². The summed E-state index contributed by atoms with van der Waals surface area (Å²) in [6.07, 6.45) is 9.40. The van der Waals surface area contributed by atoms with Crippen molar-refractivity contribution in [3.63, 3.8) is 0 Å². The zero-order valence-electron chi connectivity index (χ0n) is 30.1. The van der Waals surface area contributed by atoms with E-state index in [0.29, 0.717) is 11.8 Å². The molecule has 6 aliphatic rings. The third-order valence-electron chi connectivity index (χ3n) is 13.9. The van der Waals surface area contributed by atoms with Gasteiger partial charge in [0.25, 0.3) is 0 Å². The summed E-state index contributed by atoms with van der Waals surface area (Å²) < 4.78 is 0. The van der Waals surface area contributed by atoms with Crippen LogP contribution in [-0.2, 0) is 16.2 Å². The second kappa shape index (κ2) is 11.1. The maximum absolute atomic E-state index is 2.66. The highest BCUT2D eigenvalue weighted by atomic mass is 32.2. The number of benzene rings is 5. The highest BCUT2D eigenvalue weighted by molar-refractivity contribution is 7.99. The van der Waals surface area contributed by atoms with Crippen molar-refractivity contribution in [3.8, 4) is 11.1 Å². The molecule has 1 spiro atoms. The summed E-state index contributed by atoms with van der Waals surface area (Å²) in [5, 5.41) is 0. The van der Waals surface area contributed by atoms with Gasteiger partial charge in [-0.15, -0.1) is 0 Å². The van der Waals surface area contributed by atoms with Crippen LogP contribution in [0.4, 0.5) is 17.1 Å². The minimum Gasteiger partial charge on any atom is -0.309 e. The summed E-state index contributed by atoms with van der Waals surface area (Å²) in [7, 11) is 0. The maximum atomic E-state index is 2.66. The Morgan fingerprint density at radius 2 is 1.08 bits per heavy atom. The number of hydrogen-bond donors (Lipinski definition) is 0. The molecule has 11 rings (SSSR count). The zero-order chi connectivity index (χ0) is 33.8. The molecule has 0 saturated heterocycles. The molecule has 4 fully saturated rings. The first-order valence-corrected chi connectivity index (χ1v) is 20.1. The van der Waals surface area contributed by atoms with Crippen LogP contribution in [0.3, 0.4) is 0 Å². The van der Waals surface area contributed by atoms with Gasteiger partial charge < -0.3 is 4.90 Å². The van der Waals surface area contributed by atoms with Crippen LogP contribution in [0.25, 0.3) is 11.1 Å². The molecular weight excluding hydrogens is 623 g/mol. The van der Waals surface area contributed by atoms with Gasteiger partial charge in [0, 0.05) is 20.9 Å². The zero-order valence-corrected chi connectivity index (χ0v) is 30.9. The number of rotatable bonds is 4. The lowest BCUT2D eigenvalue weighted by molar-refractivity contribution is -0.0443. The van der Waals surface area contributed by atoms with Crippen molar-refractivity contribution >= 4 is 28.8 Å². The van der Waals surface area contributed by atoms with Crippen molar-refractivity contribution in [2.45, 2.75) is 98.7 Å². The van der Waals surface area contributed by atoms with Gasteiger partial charge in [0.2, 0.25) is 0 Å². The fraction of sp³-hybridized carbons (Fsp3) is 0.375. The molecule has 1 nitrogen and oxygen atoms in total. The average molecular weight is 672 g/mol. The van der Waals surface area contributed by atoms with Crippen LogP contribution in [0.5, 0.6) is 0 Å². The summed E-state index contributed by atoms with van der Waals surface area (Å²) in [6.45, 7) is 9.87. The molecule has 0 N–H and O–H groups in total. The highest BCUT2D eigenvalue weighted by Crippen LogP contribution is 2.70. The smallest absolute Gasteiger partial charge is 0.0604 e. The van der Waals surface area contributed by atoms with Crippen molar-refractivity contribution in [1.82, 2.24) is 0 Å². The number of anilines is 3. The van der Waals surface area contributed by atoms with Crippen LogP contribution in [0.2, 0.25) is 0 Å². The minimum absolute atomic E-state index is 0.0594. The number of nitrogens with zero attached hydrogens (tertiary/aromatic N) is 1. The minimum atomic E-state index is 0.0594. The van der Waals surface area contributed by atoms with Gasteiger partial charge in [-0.1, -0.05) is 130 Å². The summed E-state index contributed by atoms with van der Waals surface area (Å²) in [6, 6.07) is 44.4. The molecule has 0 aromatic heterocycles. The van der Waals surface area contributed by atoms with E-state index in [9.17, 15) is 0 Å². The van der Waals surface area contributed by atoms with E-state index in [2.05, 4.69) is 160 Å². The Hall–Kier alpha value is -3.75. The monoisotopic (exact) mass is 671 g/mol. The Labute approximate surface area is 303 Å². The lowest BCUT2D eigenvalue weighted by Gasteiger charge is -2.63. The number of para-hydroxylation sites is 1. The molecule has 50 heavy (non-hydrogen) atoms. The summed E-state index contributed by atoms with van der Waals surface area (Å²) in [4.78, 5) is 5.63. The van der Waals surface area contributed by atoms with Crippen molar-refractivity contribution in [3.05, 3.63) is 138 Å². The summed E-state index contributed by atoms with van der Waals surface area (Å²) >= 11 is 2.06. The predicted octanol–water partition coefficient (Wildman–Crippen LogP) is 13.4. The molecule has 1 heterocycles. The van der Waals surface area contributed by atoms with E-state index in [1.807, 2.05) is 0 Å². The highest BCUT2D eigenvalue weighted by Gasteiger charge is 2.61. The van der Waals surface area contributed by atoms with E-state index in [-0.39, 0.29) is 16.2 Å². The van der Waals surface area contributed by atoms with E-state index in [1.54, 1.807) is 11.1 Å². The Kier molecular flexibility index (Phi) is 6.90. The van der Waals surface area contributed by atoms with Crippen molar-refractivity contribution < 1.29 is 0 Å². The fourth-order valence-electron chi connectivity index (χ4n) is 11.9. The van der Waals surface area contributed by atoms with Gasteiger partial charge in [0.15, 0.2) is 0 Å². The Bertz CT molecular complexity index is 2080. The molecule has 0 radical (unpaired) electrons. The van der Waals surface area contributed by atoms with Crippen LogP contribution in [0.15, 0.2) is 125 Å². The SMILES string of the molecule is CC1(C)CCC(C)(C)c2c(N(c3ccccc3)c3cccc4c3Sc3c(-c5ccccc5)cccc3C43C4CC5CC(C4)CC3C5)cccc21. The third kappa shape index (κ3) is 4.39. The van der Waals surface area contributed by atoms with Gasteiger partial charge >= 0.3 is 0 Å². The van der Waals surface area contributed by atoms with Crippen molar-refractivity contribution in [2.24, 2.45) is 23.7 Å². The molecule has 0 unspecified atom stereocenters.